The summed E-state index contributed by atoms with van der Waals surface area (Å²) in [4.78, 5) is 4.38. The van der Waals surface area contributed by atoms with Gasteiger partial charge in [0.2, 0.25) is 6.10 Å². The normalized spacial score (nSPS) is 30.5. The summed E-state index contributed by atoms with van der Waals surface area (Å²) in [5.74, 6) is 0. The molecule has 1 aliphatic heterocycles. The number of rotatable bonds is 0. The van der Waals surface area contributed by atoms with Gasteiger partial charge in [-0.25, -0.2) is 0 Å². The highest BCUT2D eigenvalue weighted by Crippen LogP contribution is 1.90. The largest absolute Gasteiger partial charge is 0.411 e. The minimum absolute atomic E-state index is 0.0231. The minimum atomic E-state index is -0.0231. The van der Waals surface area contributed by atoms with Gasteiger partial charge in [0.1, 0.15) is 0 Å². The van der Waals surface area contributed by atoms with Crippen LogP contribution in [0, 0.1) is 0 Å². The first kappa shape index (κ1) is 3.61. The van der Waals surface area contributed by atoms with E-state index >= 15 is 0 Å². The van der Waals surface area contributed by atoms with E-state index in [-0.39, 0.29) is 6.10 Å². The summed E-state index contributed by atoms with van der Waals surface area (Å²) in [6, 6.07) is 0. The van der Waals surface area contributed by atoms with Crippen molar-refractivity contribution in [3.8, 4) is 0 Å². The van der Waals surface area contributed by atoms with E-state index in [4.69, 9.17) is 0 Å². The summed E-state index contributed by atoms with van der Waals surface area (Å²) in [6.45, 7) is 1.81. The lowest BCUT2D eigenvalue weighted by Crippen LogP contribution is -1.98. The van der Waals surface area contributed by atoms with Crippen LogP contribution in [-0.4, -0.2) is 12.4 Å². The number of aldehydes is 1. The van der Waals surface area contributed by atoms with Crippen molar-refractivity contribution in [2.45, 2.75) is 13.0 Å². The standard InChI is InChI=1S/C3H5O3/c1-3-2-4-6-5-3/h2-3H,1H3/q+1. The molecule has 0 saturated heterocycles. The zero-order chi connectivity index (χ0) is 4.41. The van der Waals surface area contributed by atoms with E-state index in [1.165, 1.54) is 6.29 Å². The lowest BCUT2D eigenvalue weighted by atomic mass is 10.5. The van der Waals surface area contributed by atoms with Gasteiger partial charge in [-0.2, -0.15) is 0 Å². The Morgan fingerprint density at radius 1 is 1.83 bits per heavy atom. The van der Waals surface area contributed by atoms with Crippen LogP contribution in [0.3, 0.4) is 0 Å². The van der Waals surface area contributed by atoms with E-state index in [1.807, 2.05) is 6.92 Å². The van der Waals surface area contributed by atoms with Gasteiger partial charge in [0.25, 0.3) is 0 Å². The van der Waals surface area contributed by atoms with Crippen LogP contribution in [0.5, 0.6) is 0 Å². The van der Waals surface area contributed by atoms with Crippen LogP contribution in [0.25, 0.3) is 0 Å². The van der Waals surface area contributed by atoms with Crippen LogP contribution in [0.1, 0.15) is 6.92 Å². The molecule has 0 aromatic rings. The molecular formula is C3H5O3+. The van der Waals surface area contributed by atoms with Gasteiger partial charge in [0.05, 0.1) is 9.61 Å². The first-order chi connectivity index (χ1) is 2.89. The summed E-state index contributed by atoms with van der Waals surface area (Å²) < 4.78 is 4.21. The summed E-state index contributed by atoms with van der Waals surface area (Å²) >= 11 is 0. The predicted octanol–water partition coefficient (Wildman–Crippen LogP) is -0.0137. The minimum Gasteiger partial charge on any atom is -0.0857 e. The number of hydrogen-bond donors (Lipinski definition) is 0. The van der Waals surface area contributed by atoms with Crippen LogP contribution in [-0.2, 0) is 14.5 Å². The van der Waals surface area contributed by atoms with Gasteiger partial charge in [-0.1, -0.05) is 4.89 Å². The van der Waals surface area contributed by atoms with Gasteiger partial charge in [-0.3, -0.25) is 0 Å². The topological polar surface area (TPSA) is 29.8 Å². The Balaban J connectivity index is 2.38. The van der Waals surface area contributed by atoms with E-state index in [9.17, 15) is 0 Å². The quantitative estimate of drug-likeness (QED) is 0.237. The molecule has 1 aliphatic rings. The van der Waals surface area contributed by atoms with Gasteiger partial charge in [0.15, 0.2) is 0 Å². The lowest BCUT2D eigenvalue weighted by Gasteiger charge is -1.75. The van der Waals surface area contributed by atoms with Crippen LogP contribution < -0.4 is 0 Å². The molecule has 0 aromatic heterocycles. The molecular weight excluding hydrogens is 84.0 g/mol. The highest BCUT2D eigenvalue weighted by atomic mass is 17.5. The second-order valence-electron chi connectivity index (χ2n) is 1.10. The zero-order valence-corrected chi connectivity index (χ0v) is 3.38. The molecule has 0 aliphatic carbocycles. The van der Waals surface area contributed by atoms with Gasteiger partial charge < -0.3 is 0 Å². The van der Waals surface area contributed by atoms with Crippen LogP contribution in [0.2, 0.25) is 0 Å². The fourth-order valence-corrected chi connectivity index (χ4v) is 0.208. The summed E-state index contributed by atoms with van der Waals surface area (Å²) in [5, 5.41) is 4.00. The molecule has 0 bridgehead atoms. The van der Waals surface area contributed by atoms with Gasteiger partial charge in [0, 0.05) is 0 Å². The first-order valence-corrected chi connectivity index (χ1v) is 1.72. The Bertz CT molecular complexity index is 68.4. The second-order valence-corrected chi connectivity index (χ2v) is 1.10. The molecule has 0 spiro atoms. The molecule has 0 fully saturated rings. The molecule has 0 N–H and O–H groups in total. The van der Waals surface area contributed by atoms with Crippen LogP contribution in [0.4, 0.5) is 0 Å². The van der Waals surface area contributed by atoms with Crippen molar-refractivity contribution in [2.24, 2.45) is 0 Å². The Morgan fingerprint density at radius 2 is 2.67 bits per heavy atom. The fraction of sp³-hybridized carbons (Fsp3) is 0.667. The third kappa shape index (κ3) is 0.490. The molecule has 6 heavy (non-hydrogen) atoms. The Hall–Kier alpha value is -0.570. The number of hydrogen-bond acceptors (Lipinski definition) is 2. The maximum absolute atomic E-state index is 4.38. The maximum atomic E-state index is 4.38. The van der Waals surface area contributed by atoms with Crippen molar-refractivity contribution in [1.82, 2.24) is 0 Å². The van der Waals surface area contributed by atoms with Crippen LogP contribution >= 0.6 is 0 Å². The predicted molar refractivity (Wildman–Crippen MR) is 17.7 cm³/mol. The Morgan fingerprint density at radius 3 is 2.83 bits per heavy atom. The van der Waals surface area contributed by atoms with Crippen molar-refractivity contribution in [2.75, 3.05) is 0 Å². The van der Waals surface area contributed by atoms with Gasteiger partial charge >= 0.3 is 6.29 Å². The summed E-state index contributed by atoms with van der Waals surface area (Å²) in [5.41, 5.74) is 0. The first-order valence-electron chi connectivity index (χ1n) is 1.72. The third-order valence-electron chi connectivity index (χ3n) is 0.478. The van der Waals surface area contributed by atoms with E-state index in [1.54, 1.807) is 0 Å². The van der Waals surface area contributed by atoms with E-state index in [2.05, 4.69) is 14.5 Å². The molecule has 0 saturated carbocycles. The van der Waals surface area contributed by atoms with Gasteiger partial charge in [-0.05, 0) is 6.92 Å². The highest BCUT2D eigenvalue weighted by molar-refractivity contribution is 5.55. The fourth-order valence-electron chi connectivity index (χ4n) is 0.208. The molecule has 3 heteroatoms. The average molecular weight is 89.1 g/mol. The molecule has 1 atom stereocenters. The lowest BCUT2D eigenvalue weighted by molar-refractivity contribution is -0.830. The van der Waals surface area contributed by atoms with Gasteiger partial charge in [-0.15, -0.1) is 0 Å². The second kappa shape index (κ2) is 1.26. The van der Waals surface area contributed by atoms with E-state index in [0.29, 0.717) is 0 Å². The molecule has 3 nitrogen and oxygen atoms in total. The molecule has 1 heterocycles. The number of carbonyl (C=O) groups excluding carboxylic acids is 1. The van der Waals surface area contributed by atoms with Crippen molar-refractivity contribution in [1.29, 1.82) is 0 Å². The van der Waals surface area contributed by atoms with Crippen molar-refractivity contribution in [3.63, 3.8) is 0 Å². The zero-order valence-electron chi connectivity index (χ0n) is 3.38. The van der Waals surface area contributed by atoms with E-state index in [0.717, 1.165) is 0 Å². The molecule has 1 rings (SSSR count). The summed E-state index contributed by atoms with van der Waals surface area (Å²) in [6.07, 6.45) is 1.44. The highest BCUT2D eigenvalue weighted by Gasteiger charge is 2.18. The average Bonchev–Trinajstić information content (AvgIpc) is 1.86. The molecule has 34 valence electrons. The van der Waals surface area contributed by atoms with Crippen molar-refractivity contribution in [3.05, 3.63) is 0 Å². The molecule has 0 aromatic carbocycles. The van der Waals surface area contributed by atoms with Crippen molar-refractivity contribution < 1.29 is 14.5 Å². The molecule has 0 radical (unpaired) electrons. The monoisotopic (exact) mass is 89.0 g/mol. The Kier molecular flexibility index (Phi) is 0.759. The molecule has 1 unspecified atom stereocenters. The SMILES string of the molecule is CC1C=[O+]OO1. The van der Waals surface area contributed by atoms with Crippen molar-refractivity contribution >= 4 is 6.29 Å². The molecule has 0 amide bonds. The van der Waals surface area contributed by atoms with Crippen LogP contribution in [0.15, 0.2) is 0 Å². The smallest absolute Gasteiger partial charge is 0.0857 e. The van der Waals surface area contributed by atoms with E-state index < -0.39 is 0 Å². The Labute approximate surface area is 35.0 Å². The summed E-state index contributed by atoms with van der Waals surface area (Å²) in [7, 11) is 0. The maximum Gasteiger partial charge on any atom is 0.411 e. The third-order valence-corrected chi connectivity index (χ3v) is 0.478.